The van der Waals surface area contributed by atoms with E-state index < -0.39 is 0 Å². The molecule has 1 aliphatic rings. The topological polar surface area (TPSA) is 52.6 Å². The van der Waals surface area contributed by atoms with Crippen molar-refractivity contribution in [1.82, 2.24) is 10.3 Å². The van der Waals surface area contributed by atoms with Crippen LogP contribution in [-0.2, 0) is 22.4 Å². The third kappa shape index (κ3) is 5.29. The van der Waals surface area contributed by atoms with Gasteiger partial charge in [0, 0.05) is 23.2 Å². The number of methoxy groups -OCH3 is 1. The quantitative estimate of drug-likeness (QED) is 0.563. The first kappa shape index (κ1) is 21.1. The Bertz CT molecular complexity index is 974. The number of aromatic nitrogens is 1. The van der Waals surface area contributed by atoms with Crippen molar-refractivity contribution >= 4 is 22.5 Å². The lowest BCUT2D eigenvalue weighted by atomic mass is 10.0. The average Bonchev–Trinajstić information content (AvgIpc) is 2.79. The van der Waals surface area contributed by atoms with E-state index in [9.17, 15) is 0 Å². The highest BCUT2D eigenvalue weighted by atomic mass is 35.5. The second kappa shape index (κ2) is 10.2. The van der Waals surface area contributed by atoms with Crippen LogP contribution in [0.25, 0.3) is 10.9 Å². The van der Waals surface area contributed by atoms with Crippen LogP contribution in [0, 0.1) is 0 Å². The summed E-state index contributed by atoms with van der Waals surface area (Å²) in [4.78, 5) is 4.45. The minimum Gasteiger partial charge on any atom is -0.497 e. The number of nitrogens with zero attached hydrogens (tertiary/aromatic N) is 1. The minimum atomic E-state index is -0.147. The first-order chi connectivity index (χ1) is 14.7. The maximum Gasteiger partial charge on any atom is 0.157 e. The predicted molar refractivity (Wildman–Crippen MR) is 119 cm³/mol. The molecule has 0 amide bonds. The molecule has 1 fully saturated rings. The molecule has 0 saturated carbocycles. The molecule has 2 heterocycles. The molecule has 0 spiro atoms. The van der Waals surface area contributed by atoms with Crippen molar-refractivity contribution in [2.24, 2.45) is 0 Å². The molecule has 6 heteroatoms. The van der Waals surface area contributed by atoms with Crippen LogP contribution >= 0.6 is 11.6 Å². The summed E-state index contributed by atoms with van der Waals surface area (Å²) in [7, 11) is 1.69. The van der Waals surface area contributed by atoms with Gasteiger partial charge < -0.3 is 19.5 Å². The molecule has 0 radical (unpaired) electrons. The van der Waals surface area contributed by atoms with Gasteiger partial charge in [-0.3, -0.25) is 4.98 Å². The van der Waals surface area contributed by atoms with Crippen molar-refractivity contribution in [1.29, 1.82) is 0 Å². The largest absolute Gasteiger partial charge is 0.497 e. The fraction of sp³-hybridized carbons (Fsp3) is 0.375. The molecule has 2 aromatic carbocycles. The first-order valence-corrected chi connectivity index (χ1v) is 10.7. The van der Waals surface area contributed by atoms with Gasteiger partial charge in [-0.15, -0.1) is 0 Å². The van der Waals surface area contributed by atoms with Crippen LogP contribution in [0.15, 0.2) is 54.7 Å². The predicted octanol–water partition coefficient (Wildman–Crippen LogP) is 4.75. The van der Waals surface area contributed by atoms with Gasteiger partial charge in [-0.1, -0.05) is 29.8 Å². The van der Waals surface area contributed by atoms with Crippen molar-refractivity contribution in [2.45, 2.75) is 38.1 Å². The number of benzene rings is 2. The van der Waals surface area contributed by atoms with Crippen LogP contribution in [0.4, 0.5) is 0 Å². The van der Waals surface area contributed by atoms with Crippen molar-refractivity contribution in [3.63, 3.8) is 0 Å². The molecule has 1 aliphatic heterocycles. The van der Waals surface area contributed by atoms with Gasteiger partial charge in [0.15, 0.2) is 6.29 Å². The molecule has 5 nitrogen and oxygen atoms in total. The molecule has 4 rings (SSSR count). The summed E-state index contributed by atoms with van der Waals surface area (Å²) in [5.41, 5.74) is 3.35. The zero-order valence-electron chi connectivity index (χ0n) is 17.1. The van der Waals surface area contributed by atoms with E-state index in [1.165, 1.54) is 5.56 Å². The van der Waals surface area contributed by atoms with Crippen LogP contribution in [0.2, 0.25) is 5.02 Å². The Morgan fingerprint density at radius 3 is 2.73 bits per heavy atom. The second-order valence-electron chi connectivity index (χ2n) is 7.51. The highest BCUT2D eigenvalue weighted by Gasteiger charge is 2.21. The van der Waals surface area contributed by atoms with E-state index in [4.69, 9.17) is 25.8 Å². The van der Waals surface area contributed by atoms with E-state index in [1.807, 2.05) is 42.6 Å². The number of aryl methyl sites for hydroxylation is 1. The third-order valence-corrected chi connectivity index (χ3v) is 5.80. The Hall–Kier alpha value is -2.18. The fourth-order valence-electron chi connectivity index (χ4n) is 3.71. The normalized spacial score (nSPS) is 19.1. The van der Waals surface area contributed by atoms with Gasteiger partial charge in [-0.05, 0) is 60.7 Å². The SMILES string of the molecule is COc1ccc2nccc(CCCC3OCC(NCc4ccccc4Cl)CO3)c2c1. The van der Waals surface area contributed by atoms with Gasteiger partial charge in [0.05, 0.1) is 31.9 Å². The molecular formula is C24H27ClN2O3. The summed E-state index contributed by atoms with van der Waals surface area (Å²) >= 11 is 6.21. The minimum absolute atomic E-state index is 0.147. The summed E-state index contributed by atoms with van der Waals surface area (Å²) in [5, 5.41) is 5.38. The summed E-state index contributed by atoms with van der Waals surface area (Å²) in [6.45, 7) is 2.00. The van der Waals surface area contributed by atoms with E-state index in [0.29, 0.717) is 19.8 Å². The summed E-state index contributed by atoms with van der Waals surface area (Å²) in [6, 6.07) is 16.1. The molecule has 1 aromatic heterocycles. The van der Waals surface area contributed by atoms with Gasteiger partial charge >= 0.3 is 0 Å². The van der Waals surface area contributed by atoms with Gasteiger partial charge in [-0.2, -0.15) is 0 Å². The van der Waals surface area contributed by atoms with Crippen molar-refractivity contribution in [3.8, 4) is 5.75 Å². The number of rotatable bonds is 8. The molecule has 3 aromatic rings. The number of pyridine rings is 1. The molecule has 30 heavy (non-hydrogen) atoms. The lowest BCUT2D eigenvalue weighted by Gasteiger charge is -2.30. The Morgan fingerprint density at radius 1 is 1.10 bits per heavy atom. The number of hydrogen-bond acceptors (Lipinski definition) is 5. The maximum absolute atomic E-state index is 6.21. The molecule has 0 bridgehead atoms. The van der Waals surface area contributed by atoms with E-state index >= 15 is 0 Å². The Kier molecular flexibility index (Phi) is 7.18. The summed E-state index contributed by atoms with van der Waals surface area (Å²) in [5.74, 6) is 0.853. The van der Waals surface area contributed by atoms with Crippen molar-refractivity contribution in [2.75, 3.05) is 20.3 Å². The molecule has 0 aliphatic carbocycles. The molecule has 1 saturated heterocycles. The lowest BCUT2D eigenvalue weighted by Crippen LogP contribution is -2.44. The van der Waals surface area contributed by atoms with Gasteiger partial charge in [-0.25, -0.2) is 0 Å². The van der Waals surface area contributed by atoms with Crippen LogP contribution in [0.1, 0.15) is 24.0 Å². The van der Waals surface area contributed by atoms with E-state index in [0.717, 1.165) is 46.5 Å². The number of ether oxygens (including phenoxy) is 3. The highest BCUT2D eigenvalue weighted by molar-refractivity contribution is 6.31. The summed E-state index contributed by atoms with van der Waals surface area (Å²) in [6.07, 6.45) is 4.52. The number of hydrogen-bond donors (Lipinski definition) is 1. The molecule has 158 valence electrons. The standard InChI is InChI=1S/C24H27ClN2O3/c1-28-20-9-10-23-21(13-20)17(11-12-26-23)6-4-8-24-29-15-19(16-30-24)27-14-18-5-2-3-7-22(18)25/h2-3,5,7,9-13,19,24,27H,4,6,8,14-16H2,1H3. The highest BCUT2D eigenvalue weighted by Crippen LogP contribution is 2.24. The van der Waals surface area contributed by atoms with E-state index in [1.54, 1.807) is 7.11 Å². The van der Waals surface area contributed by atoms with E-state index in [2.05, 4.69) is 22.4 Å². The monoisotopic (exact) mass is 426 g/mol. The van der Waals surface area contributed by atoms with E-state index in [-0.39, 0.29) is 12.3 Å². The third-order valence-electron chi connectivity index (χ3n) is 5.43. The molecule has 0 atom stereocenters. The fourth-order valence-corrected chi connectivity index (χ4v) is 3.91. The average molecular weight is 427 g/mol. The van der Waals surface area contributed by atoms with Crippen LogP contribution in [0.5, 0.6) is 5.75 Å². The summed E-state index contributed by atoms with van der Waals surface area (Å²) < 4.78 is 17.2. The number of halogens is 1. The second-order valence-corrected chi connectivity index (χ2v) is 7.92. The lowest BCUT2D eigenvalue weighted by molar-refractivity contribution is -0.192. The number of nitrogens with one attached hydrogen (secondary N) is 1. The van der Waals surface area contributed by atoms with Gasteiger partial charge in [0.25, 0.3) is 0 Å². The van der Waals surface area contributed by atoms with Crippen LogP contribution in [0.3, 0.4) is 0 Å². The van der Waals surface area contributed by atoms with Gasteiger partial charge in [0.1, 0.15) is 5.75 Å². The Labute approximate surface area is 182 Å². The Balaban J connectivity index is 1.23. The number of fused-ring (bicyclic) bond motifs is 1. The molecule has 0 unspecified atom stereocenters. The van der Waals surface area contributed by atoms with Crippen LogP contribution in [-0.4, -0.2) is 37.6 Å². The van der Waals surface area contributed by atoms with Crippen molar-refractivity contribution in [3.05, 3.63) is 70.9 Å². The maximum atomic E-state index is 6.21. The first-order valence-electron chi connectivity index (χ1n) is 10.3. The van der Waals surface area contributed by atoms with Gasteiger partial charge in [0.2, 0.25) is 0 Å². The molecular weight excluding hydrogens is 400 g/mol. The smallest absolute Gasteiger partial charge is 0.157 e. The Morgan fingerprint density at radius 2 is 1.93 bits per heavy atom. The van der Waals surface area contributed by atoms with Crippen LogP contribution < -0.4 is 10.1 Å². The van der Waals surface area contributed by atoms with Crippen molar-refractivity contribution < 1.29 is 14.2 Å². The zero-order valence-corrected chi connectivity index (χ0v) is 17.9. The zero-order chi connectivity index (χ0) is 20.8. The molecule has 1 N–H and O–H groups in total.